The van der Waals surface area contributed by atoms with Crippen LogP contribution in [0.1, 0.15) is 44.7 Å². The highest BCUT2D eigenvalue weighted by atomic mass is 16.5. The first kappa shape index (κ1) is 24.3. The summed E-state index contributed by atoms with van der Waals surface area (Å²) in [7, 11) is 0. The van der Waals surface area contributed by atoms with E-state index in [1.807, 2.05) is 94.4 Å². The van der Waals surface area contributed by atoms with Gasteiger partial charge >= 0.3 is 0 Å². The number of benzene rings is 3. The van der Waals surface area contributed by atoms with Crippen molar-refractivity contribution in [2.24, 2.45) is 0 Å². The molecule has 3 aromatic carbocycles. The maximum Gasteiger partial charge on any atom is 0.261 e. The van der Waals surface area contributed by atoms with Crippen LogP contribution in [0.5, 0.6) is 5.75 Å². The third-order valence-electron chi connectivity index (χ3n) is 5.92. The van der Waals surface area contributed by atoms with E-state index in [0.717, 1.165) is 28.3 Å². The summed E-state index contributed by atoms with van der Waals surface area (Å²) in [4.78, 5) is 28.1. The van der Waals surface area contributed by atoms with Crippen molar-refractivity contribution in [2.75, 3.05) is 6.61 Å². The molecule has 0 heterocycles. The summed E-state index contributed by atoms with van der Waals surface area (Å²) in [5, 5.41) is 5.05. The van der Waals surface area contributed by atoms with Crippen molar-refractivity contribution in [1.82, 2.24) is 10.2 Å². The number of amides is 2. The van der Waals surface area contributed by atoms with Crippen LogP contribution < -0.4 is 10.1 Å². The molecule has 0 bridgehead atoms. The van der Waals surface area contributed by atoms with Crippen molar-refractivity contribution < 1.29 is 14.3 Å². The molecule has 3 aromatic rings. The van der Waals surface area contributed by atoms with Crippen LogP contribution in [0, 0.1) is 6.92 Å². The molecule has 2 amide bonds. The first-order chi connectivity index (χ1) is 15.9. The number of fused-ring (bicyclic) bond motifs is 1. The van der Waals surface area contributed by atoms with Crippen molar-refractivity contribution in [1.29, 1.82) is 0 Å². The smallest absolute Gasteiger partial charge is 0.261 e. The summed E-state index contributed by atoms with van der Waals surface area (Å²) in [6.45, 7) is 8.18. The van der Waals surface area contributed by atoms with Crippen LogP contribution in [0.25, 0.3) is 10.8 Å². The molecular weight excluding hydrogens is 412 g/mol. The fourth-order valence-corrected chi connectivity index (χ4v) is 3.91. The second-order valence-corrected chi connectivity index (χ2v) is 8.52. The van der Waals surface area contributed by atoms with Crippen LogP contribution >= 0.6 is 0 Å². The molecule has 0 aliphatic rings. The predicted octanol–water partition coefficient (Wildman–Crippen LogP) is 5.25. The van der Waals surface area contributed by atoms with E-state index >= 15 is 0 Å². The fraction of sp³-hybridized carbons (Fsp3) is 0.357. The van der Waals surface area contributed by atoms with E-state index in [4.69, 9.17) is 4.74 Å². The molecule has 0 spiro atoms. The number of hydrogen-bond acceptors (Lipinski definition) is 3. The van der Waals surface area contributed by atoms with Crippen molar-refractivity contribution >= 4 is 22.6 Å². The van der Waals surface area contributed by atoms with E-state index in [0.29, 0.717) is 18.7 Å². The van der Waals surface area contributed by atoms with Crippen molar-refractivity contribution in [3.63, 3.8) is 0 Å². The van der Waals surface area contributed by atoms with Gasteiger partial charge < -0.3 is 15.0 Å². The van der Waals surface area contributed by atoms with Gasteiger partial charge in [0, 0.05) is 18.0 Å². The predicted molar refractivity (Wildman–Crippen MR) is 133 cm³/mol. The molecule has 0 unspecified atom stereocenters. The molecule has 0 saturated heterocycles. The Morgan fingerprint density at radius 2 is 1.70 bits per heavy atom. The average Bonchev–Trinajstić information content (AvgIpc) is 2.82. The van der Waals surface area contributed by atoms with Gasteiger partial charge in [-0.25, -0.2) is 0 Å². The zero-order valence-electron chi connectivity index (χ0n) is 20.0. The standard InChI is InChI=1S/C28H34N2O3/c1-5-21(4)29-28(32)25(6-2)30(18-22-12-9-11-20(3)17-22)27(31)19-33-26-16-10-14-23-13-7-8-15-24(23)26/h7-17,21,25H,5-6,18-19H2,1-4H3,(H,29,32)/t21-,25-/m0/s1. The number of aryl methyl sites for hydroxylation is 1. The molecule has 3 rings (SSSR count). The Kier molecular flexibility index (Phi) is 8.47. The summed E-state index contributed by atoms with van der Waals surface area (Å²) in [5.41, 5.74) is 2.10. The van der Waals surface area contributed by atoms with Crippen LogP contribution in [0.3, 0.4) is 0 Å². The number of ether oxygens (including phenoxy) is 1. The Bertz CT molecular complexity index is 1090. The van der Waals surface area contributed by atoms with Gasteiger partial charge in [0.15, 0.2) is 6.61 Å². The maximum absolute atomic E-state index is 13.4. The van der Waals surface area contributed by atoms with Gasteiger partial charge in [0.1, 0.15) is 11.8 Å². The van der Waals surface area contributed by atoms with Crippen LogP contribution in [-0.2, 0) is 16.1 Å². The first-order valence-electron chi connectivity index (χ1n) is 11.7. The van der Waals surface area contributed by atoms with Crippen molar-refractivity contribution in [2.45, 2.75) is 59.2 Å². The van der Waals surface area contributed by atoms with E-state index in [9.17, 15) is 9.59 Å². The van der Waals surface area contributed by atoms with Crippen LogP contribution in [-0.4, -0.2) is 35.4 Å². The second kappa shape index (κ2) is 11.5. The highest BCUT2D eigenvalue weighted by Gasteiger charge is 2.29. The monoisotopic (exact) mass is 446 g/mol. The lowest BCUT2D eigenvalue weighted by Crippen LogP contribution is -2.51. The van der Waals surface area contributed by atoms with E-state index < -0.39 is 6.04 Å². The summed E-state index contributed by atoms with van der Waals surface area (Å²) >= 11 is 0. The number of carbonyl (C=O) groups excluding carboxylic acids is 2. The number of nitrogens with zero attached hydrogens (tertiary/aromatic N) is 1. The van der Waals surface area contributed by atoms with E-state index in [-0.39, 0.29) is 24.5 Å². The number of hydrogen-bond donors (Lipinski definition) is 1. The van der Waals surface area contributed by atoms with Gasteiger partial charge in [-0.15, -0.1) is 0 Å². The molecule has 5 nitrogen and oxygen atoms in total. The minimum atomic E-state index is -0.567. The highest BCUT2D eigenvalue weighted by Crippen LogP contribution is 2.25. The van der Waals surface area contributed by atoms with E-state index in [1.165, 1.54) is 0 Å². The quantitative estimate of drug-likeness (QED) is 0.463. The topological polar surface area (TPSA) is 58.6 Å². The SMILES string of the molecule is CC[C@H](C)NC(=O)[C@H](CC)N(Cc1cccc(C)c1)C(=O)COc1cccc2ccccc12. The molecule has 0 radical (unpaired) electrons. The van der Waals surface area contributed by atoms with Gasteiger partial charge in [0.05, 0.1) is 0 Å². The lowest BCUT2D eigenvalue weighted by Gasteiger charge is -2.31. The molecule has 0 aromatic heterocycles. The summed E-state index contributed by atoms with van der Waals surface area (Å²) in [6, 6.07) is 21.2. The first-order valence-corrected chi connectivity index (χ1v) is 11.7. The van der Waals surface area contributed by atoms with Crippen LogP contribution in [0.4, 0.5) is 0 Å². The third kappa shape index (κ3) is 6.35. The molecule has 0 fully saturated rings. The minimum Gasteiger partial charge on any atom is -0.483 e. The molecule has 33 heavy (non-hydrogen) atoms. The molecule has 0 saturated carbocycles. The lowest BCUT2D eigenvalue weighted by atomic mass is 10.1. The number of carbonyl (C=O) groups is 2. The third-order valence-corrected chi connectivity index (χ3v) is 5.92. The maximum atomic E-state index is 13.4. The average molecular weight is 447 g/mol. The van der Waals surface area contributed by atoms with Gasteiger partial charge in [-0.3, -0.25) is 9.59 Å². The Balaban J connectivity index is 1.83. The fourth-order valence-electron chi connectivity index (χ4n) is 3.91. The molecule has 5 heteroatoms. The molecular formula is C28H34N2O3. The van der Waals surface area contributed by atoms with Gasteiger partial charge in [0.25, 0.3) is 5.91 Å². The lowest BCUT2D eigenvalue weighted by molar-refractivity contribution is -0.143. The summed E-state index contributed by atoms with van der Waals surface area (Å²) in [5.74, 6) is 0.322. The minimum absolute atomic E-state index is 0.0504. The van der Waals surface area contributed by atoms with Crippen molar-refractivity contribution in [3.05, 3.63) is 77.9 Å². The Morgan fingerprint density at radius 3 is 2.42 bits per heavy atom. The van der Waals surface area contributed by atoms with E-state index in [2.05, 4.69) is 5.32 Å². The Hall–Kier alpha value is -3.34. The normalized spacial score (nSPS) is 12.7. The zero-order valence-corrected chi connectivity index (χ0v) is 20.0. The molecule has 2 atom stereocenters. The summed E-state index contributed by atoms with van der Waals surface area (Å²) < 4.78 is 5.98. The van der Waals surface area contributed by atoms with Gasteiger partial charge in [-0.2, -0.15) is 0 Å². The highest BCUT2D eigenvalue weighted by molar-refractivity contribution is 5.90. The van der Waals surface area contributed by atoms with Crippen LogP contribution in [0.15, 0.2) is 66.7 Å². The largest absolute Gasteiger partial charge is 0.483 e. The van der Waals surface area contributed by atoms with Gasteiger partial charge in [0.2, 0.25) is 5.91 Å². The molecule has 0 aliphatic carbocycles. The van der Waals surface area contributed by atoms with E-state index in [1.54, 1.807) is 4.90 Å². The van der Waals surface area contributed by atoms with Gasteiger partial charge in [-0.05, 0) is 43.7 Å². The molecule has 174 valence electrons. The molecule has 0 aliphatic heterocycles. The Morgan fingerprint density at radius 1 is 0.970 bits per heavy atom. The van der Waals surface area contributed by atoms with Gasteiger partial charge in [-0.1, -0.05) is 80.1 Å². The van der Waals surface area contributed by atoms with Crippen LogP contribution in [0.2, 0.25) is 0 Å². The zero-order chi connectivity index (χ0) is 23.8. The number of rotatable bonds is 10. The number of nitrogens with one attached hydrogen (secondary N) is 1. The second-order valence-electron chi connectivity index (χ2n) is 8.52. The summed E-state index contributed by atoms with van der Waals surface area (Å²) in [6.07, 6.45) is 1.35. The molecule has 1 N–H and O–H groups in total. The van der Waals surface area contributed by atoms with Crippen molar-refractivity contribution in [3.8, 4) is 5.75 Å². The Labute approximate surface area is 196 Å².